The number of nitrogens with one attached hydrogen (secondary N) is 1. The fourth-order valence-electron chi connectivity index (χ4n) is 1.60. The van der Waals surface area contributed by atoms with Crippen molar-refractivity contribution in [1.29, 1.82) is 0 Å². The van der Waals surface area contributed by atoms with Gasteiger partial charge in [-0.1, -0.05) is 27.7 Å². The van der Waals surface area contributed by atoms with Gasteiger partial charge in [0.2, 0.25) is 5.91 Å². The van der Waals surface area contributed by atoms with E-state index < -0.39 is 5.60 Å². The van der Waals surface area contributed by atoms with E-state index in [-0.39, 0.29) is 17.9 Å². The summed E-state index contributed by atoms with van der Waals surface area (Å²) in [5, 5.41) is 17.0. The van der Waals surface area contributed by atoms with Crippen molar-refractivity contribution in [2.75, 3.05) is 6.54 Å². The van der Waals surface area contributed by atoms with E-state index in [1.807, 2.05) is 16.8 Å². The van der Waals surface area contributed by atoms with Crippen molar-refractivity contribution in [3.63, 3.8) is 0 Å². The number of thiophene rings is 1. The van der Waals surface area contributed by atoms with Gasteiger partial charge in [0.05, 0.1) is 6.54 Å². The fourth-order valence-corrected chi connectivity index (χ4v) is 2.38. The summed E-state index contributed by atoms with van der Waals surface area (Å²) < 4.78 is 0. The van der Waals surface area contributed by atoms with E-state index in [2.05, 4.69) is 33.0 Å². The predicted molar refractivity (Wildman–Crippen MR) is 80.1 cm³/mol. The highest BCUT2D eigenvalue weighted by molar-refractivity contribution is 7.08. The van der Waals surface area contributed by atoms with Crippen LogP contribution in [0.1, 0.15) is 46.6 Å². The second-order valence-corrected chi connectivity index (χ2v) is 7.31. The Morgan fingerprint density at radius 3 is 2.53 bits per heavy atom. The summed E-state index contributed by atoms with van der Waals surface area (Å²) in [7, 11) is 0. The first-order valence-electron chi connectivity index (χ1n) is 6.64. The zero-order valence-electron chi connectivity index (χ0n) is 12.5. The van der Waals surface area contributed by atoms with Crippen molar-refractivity contribution in [3.05, 3.63) is 22.4 Å². The van der Waals surface area contributed by atoms with Gasteiger partial charge in [-0.2, -0.15) is 11.3 Å². The lowest BCUT2D eigenvalue weighted by atomic mass is 9.80. The Morgan fingerprint density at radius 1 is 1.42 bits per heavy atom. The Bertz CT molecular complexity index is 404. The molecule has 0 aliphatic heterocycles. The lowest BCUT2D eigenvalue weighted by Gasteiger charge is -2.28. The van der Waals surface area contributed by atoms with Crippen LogP contribution in [0.5, 0.6) is 0 Å². The van der Waals surface area contributed by atoms with Gasteiger partial charge in [-0.25, -0.2) is 0 Å². The Labute approximate surface area is 120 Å². The lowest BCUT2D eigenvalue weighted by Crippen LogP contribution is -2.39. The van der Waals surface area contributed by atoms with E-state index in [0.29, 0.717) is 12.3 Å². The standard InChI is InChI=1S/C15H25NO2S/c1-11(14(2,3)4)8-13(17)16-10-15(5,18)12-6-7-19-9-12/h6-7,9,11,18H,8,10H2,1-5H3,(H,16,17). The number of hydrogen-bond donors (Lipinski definition) is 2. The third-order valence-corrected chi connectivity index (χ3v) is 4.43. The maximum atomic E-state index is 11.9. The van der Waals surface area contributed by atoms with Gasteiger partial charge in [0.25, 0.3) is 0 Å². The molecule has 1 heterocycles. The van der Waals surface area contributed by atoms with Crippen LogP contribution in [0.25, 0.3) is 0 Å². The normalized spacial score (nSPS) is 16.7. The van der Waals surface area contributed by atoms with Crippen LogP contribution in [0.3, 0.4) is 0 Å². The summed E-state index contributed by atoms with van der Waals surface area (Å²) in [4.78, 5) is 11.9. The third kappa shape index (κ3) is 4.96. The largest absolute Gasteiger partial charge is 0.384 e. The van der Waals surface area contributed by atoms with E-state index in [4.69, 9.17) is 0 Å². The number of carbonyl (C=O) groups excluding carboxylic acids is 1. The van der Waals surface area contributed by atoms with Gasteiger partial charge in [0.1, 0.15) is 5.60 Å². The molecule has 19 heavy (non-hydrogen) atoms. The molecule has 1 amide bonds. The minimum absolute atomic E-state index is 0.00192. The number of amides is 1. The Kier molecular flexibility index (Phi) is 5.16. The van der Waals surface area contributed by atoms with Gasteiger partial charge in [-0.3, -0.25) is 4.79 Å². The third-order valence-electron chi connectivity index (χ3n) is 3.74. The van der Waals surface area contributed by atoms with Gasteiger partial charge < -0.3 is 10.4 Å². The number of aliphatic hydroxyl groups is 1. The van der Waals surface area contributed by atoms with Crippen LogP contribution < -0.4 is 5.32 Å². The molecule has 2 unspecified atom stereocenters. The summed E-state index contributed by atoms with van der Waals surface area (Å²) in [5.41, 5.74) is -0.0323. The lowest BCUT2D eigenvalue weighted by molar-refractivity contribution is -0.123. The quantitative estimate of drug-likeness (QED) is 0.872. The second kappa shape index (κ2) is 6.06. The molecule has 2 atom stereocenters. The minimum atomic E-state index is -0.999. The summed E-state index contributed by atoms with van der Waals surface area (Å²) in [5.74, 6) is 0.302. The van der Waals surface area contributed by atoms with Crippen LogP contribution in [-0.2, 0) is 10.4 Å². The van der Waals surface area contributed by atoms with E-state index >= 15 is 0 Å². The van der Waals surface area contributed by atoms with Crippen molar-refractivity contribution in [3.8, 4) is 0 Å². The molecule has 4 heteroatoms. The van der Waals surface area contributed by atoms with Crippen molar-refractivity contribution < 1.29 is 9.90 Å². The van der Waals surface area contributed by atoms with Crippen LogP contribution in [0.4, 0.5) is 0 Å². The van der Waals surface area contributed by atoms with E-state index in [1.165, 1.54) is 0 Å². The molecule has 0 radical (unpaired) electrons. The van der Waals surface area contributed by atoms with Crippen molar-refractivity contribution in [2.24, 2.45) is 11.3 Å². The van der Waals surface area contributed by atoms with Crippen molar-refractivity contribution >= 4 is 17.2 Å². The predicted octanol–water partition coefficient (Wildman–Crippen LogP) is 3.14. The van der Waals surface area contributed by atoms with Crippen LogP contribution in [0.15, 0.2) is 16.8 Å². The average Bonchev–Trinajstić information content (AvgIpc) is 2.79. The fraction of sp³-hybridized carbons (Fsp3) is 0.667. The van der Waals surface area contributed by atoms with Crippen LogP contribution in [-0.4, -0.2) is 17.6 Å². The maximum Gasteiger partial charge on any atom is 0.220 e. The molecule has 0 bridgehead atoms. The van der Waals surface area contributed by atoms with Crippen LogP contribution in [0.2, 0.25) is 0 Å². The number of rotatable bonds is 5. The summed E-state index contributed by atoms with van der Waals surface area (Å²) in [6, 6.07) is 1.88. The summed E-state index contributed by atoms with van der Waals surface area (Å²) in [6.45, 7) is 10.4. The molecule has 0 saturated carbocycles. The molecule has 1 aromatic rings. The summed E-state index contributed by atoms with van der Waals surface area (Å²) in [6.07, 6.45) is 0.489. The molecule has 0 aliphatic rings. The molecular formula is C15H25NO2S. The Balaban J connectivity index is 2.47. The zero-order chi connectivity index (χ0) is 14.7. The Hall–Kier alpha value is -0.870. The van der Waals surface area contributed by atoms with E-state index in [9.17, 15) is 9.90 Å². The van der Waals surface area contributed by atoms with Gasteiger partial charge in [-0.05, 0) is 40.6 Å². The molecule has 3 nitrogen and oxygen atoms in total. The molecule has 1 aromatic heterocycles. The highest BCUT2D eigenvalue weighted by atomic mass is 32.1. The van der Waals surface area contributed by atoms with Crippen LogP contribution >= 0.6 is 11.3 Å². The molecule has 0 aromatic carbocycles. The zero-order valence-corrected chi connectivity index (χ0v) is 13.3. The molecule has 1 rings (SSSR count). The summed E-state index contributed by atoms with van der Waals surface area (Å²) >= 11 is 1.54. The number of carbonyl (C=O) groups is 1. The van der Waals surface area contributed by atoms with Crippen molar-refractivity contribution in [1.82, 2.24) is 5.32 Å². The first kappa shape index (κ1) is 16.2. The van der Waals surface area contributed by atoms with Gasteiger partial charge in [0.15, 0.2) is 0 Å². The molecule has 0 saturated heterocycles. The van der Waals surface area contributed by atoms with Crippen molar-refractivity contribution in [2.45, 2.75) is 46.6 Å². The smallest absolute Gasteiger partial charge is 0.220 e. The SMILES string of the molecule is CC(CC(=O)NCC(C)(O)c1ccsc1)C(C)(C)C. The highest BCUT2D eigenvalue weighted by Crippen LogP contribution is 2.28. The van der Waals surface area contributed by atoms with Gasteiger partial charge in [-0.15, -0.1) is 0 Å². The average molecular weight is 283 g/mol. The molecule has 0 fully saturated rings. The Morgan fingerprint density at radius 2 is 2.05 bits per heavy atom. The maximum absolute atomic E-state index is 11.9. The first-order valence-corrected chi connectivity index (χ1v) is 7.59. The molecule has 2 N–H and O–H groups in total. The van der Waals surface area contributed by atoms with Gasteiger partial charge >= 0.3 is 0 Å². The molecule has 108 valence electrons. The number of hydrogen-bond acceptors (Lipinski definition) is 3. The van der Waals surface area contributed by atoms with Crippen LogP contribution in [0, 0.1) is 11.3 Å². The first-order chi connectivity index (χ1) is 8.63. The second-order valence-electron chi connectivity index (χ2n) is 6.53. The van der Waals surface area contributed by atoms with Gasteiger partial charge in [0, 0.05) is 6.42 Å². The van der Waals surface area contributed by atoms with E-state index in [1.54, 1.807) is 18.3 Å². The molecule has 0 aliphatic carbocycles. The highest BCUT2D eigenvalue weighted by Gasteiger charge is 2.26. The van der Waals surface area contributed by atoms with E-state index in [0.717, 1.165) is 5.56 Å². The molecular weight excluding hydrogens is 258 g/mol. The topological polar surface area (TPSA) is 49.3 Å². The minimum Gasteiger partial charge on any atom is -0.384 e. The molecule has 0 spiro atoms. The monoisotopic (exact) mass is 283 g/mol.